The van der Waals surface area contributed by atoms with E-state index in [1.165, 1.54) is 20.3 Å². The second kappa shape index (κ2) is 27.2. The smallest absolute Gasteiger partial charge is 0.410 e. The number of nitrogens with zero attached hydrogens (tertiary/aromatic N) is 5. The van der Waals surface area contributed by atoms with E-state index in [0.717, 1.165) is 5.56 Å². The predicted molar refractivity (Wildman–Crippen MR) is 267 cm³/mol. The normalized spacial score (nSPS) is 32.1. The number of fused-ring (bicyclic) bond motifs is 1. The van der Waals surface area contributed by atoms with Crippen molar-refractivity contribution >= 4 is 47.6 Å². The number of Topliss-reactive ketones (excluding diaryl/α,β-unsaturated/α-hetero) is 1. The summed E-state index contributed by atoms with van der Waals surface area (Å²) >= 11 is 0.250. The number of anilines is 1. The highest BCUT2D eigenvalue weighted by atomic mass is 32.2. The quantitative estimate of drug-likeness (QED) is 0.0522. The lowest BCUT2D eigenvalue weighted by Gasteiger charge is -2.46. The number of amides is 1. The van der Waals surface area contributed by atoms with E-state index in [1.54, 1.807) is 36.4 Å². The molecule has 2 unspecified atom stereocenters. The molecule has 21 nitrogen and oxygen atoms in total. The molecule has 4 heterocycles. The van der Waals surface area contributed by atoms with Crippen LogP contribution in [0.1, 0.15) is 93.4 Å². The number of esters is 1. The van der Waals surface area contributed by atoms with Gasteiger partial charge in [0.15, 0.2) is 17.7 Å². The molecule has 406 valence electrons. The van der Waals surface area contributed by atoms with Gasteiger partial charge in [0.25, 0.3) is 0 Å². The van der Waals surface area contributed by atoms with Gasteiger partial charge in [-0.25, -0.2) is 4.79 Å². The van der Waals surface area contributed by atoms with E-state index in [2.05, 4.69) is 20.9 Å². The molecule has 0 aliphatic carbocycles. The van der Waals surface area contributed by atoms with Crippen molar-refractivity contribution in [1.29, 1.82) is 0 Å². The van der Waals surface area contributed by atoms with Gasteiger partial charge in [0, 0.05) is 67.9 Å². The Balaban J connectivity index is 0.00000365. The van der Waals surface area contributed by atoms with Crippen LogP contribution in [0.4, 0.5) is 14.4 Å². The third-order valence-electron chi connectivity index (χ3n) is 14.2. The molecule has 1 aromatic carbocycles. The van der Waals surface area contributed by atoms with Crippen LogP contribution in [0.3, 0.4) is 0 Å². The Morgan fingerprint density at radius 3 is 2.42 bits per heavy atom. The Bertz CT molecular complexity index is 2110. The summed E-state index contributed by atoms with van der Waals surface area (Å²) in [6.45, 7) is 13.4. The van der Waals surface area contributed by atoms with Crippen molar-refractivity contribution in [2.24, 2.45) is 17.8 Å². The summed E-state index contributed by atoms with van der Waals surface area (Å²) in [6.07, 6.45) is -0.373. The number of nitrogens with one attached hydrogen (secondary N) is 2. The molecule has 5 rings (SSSR count). The second-order valence-electron chi connectivity index (χ2n) is 20.0. The molecule has 72 heavy (non-hydrogen) atoms. The van der Waals surface area contributed by atoms with Crippen molar-refractivity contribution in [1.82, 2.24) is 35.4 Å². The average Bonchev–Trinajstić information content (AvgIpc) is 3.90. The maximum Gasteiger partial charge on any atom is 0.410 e. The fraction of sp³-hybridized carbons (Fsp3) is 0.735. The Kier molecular flexibility index (Phi) is 22.7. The number of halogens is 1. The van der Waals surface area contributed by atoms with Crippen LogP contribution in [0.25, 0.3) is 11.3 Å². The third-order valence-corrected chi connectivity index (χ3v) is 14.2. The molecule has 3 aliphatic rings. The van der Waals surface area contributed by atoms with Gasteiger partial charge in [0.1, 0.15) is 29.9 Å². The van der Waals surface area contributed by atoms with Crippen LogP contribution >= 0.6 is 12.1 Å². The van der Waals surface area contributed by atoms with Gasteiger partial charge >= 0.3 is 24.0 Å². The van der Waals surface area contributed by atoms with Crippen LogP contribution in [-0.4, -0.2) is 183 Å². The van der Waals surface area contributed by atoms with Gasteiger partial charge in [0.2, 0.25) is 0 Å². The number of ketones is 1. The number of nitrogens with two attached hydrogens (primary N) is 1. The maximum atomic E-state index is 14.6. The van der Waals surface area contributed by atoms with Crippen molar-refractivity contribution in [2.45, 2.75) is 166 Å². The number of nitrogen functional groups attached to an aromatic ring is 1. The number of methoxy groups -OCH3 is 1. The highest BCUT2D eigenvalue weighted by Crippen LogP contribution is 2.41. The first kappa shape index (κ1) is 60.1. The summed E-state index contributed by atoms with van der Waals surface area (Å²) in [5, 5.41) is 46.0. The molecule has 1 amide bonds. The zero-order valence-corrected chi connectivity index (χ0v) is 44.4. The number of aliphatic hydroxyl groups is 1. The van der Waals surface area contributed by atoms with Gasteiger partial charge in [-0.1, -0.05) is 38.1 Å². The largest absolute Gasteiger partial charge is 0.481 e. The van der Waals surface area contributed by atoms with Gasteiger partial charge in [0.05, 0.1) is 36.5 Å². The Morgan fingerprint density at radius 2 is 1.81 bits per heavy atom. The number of benzene rings is 1. The van der Waals surface area contributed by atoms with Crippen LogP contribution in [0.15, 0.2) is 30.5 Å². The molecule has 2 aromatic rings. The minimum Gasteiger partial charge on any atom is -0.481 e. The number of ether oxygens (including phenoxy) is 5. The molecule has 3 aliphatic heterocycles. The van der Waals surface area contributed by atoms with Crippen molar-refractivity contribution in [2.75, 3.05) is 52.8 Å². The topological polar surface area (TPSA) is 279 Å². The molecule has 23 heteroatoms. The number of aliphatic carboxylic acids is 2. The highest BCUT2D eigenvalue weighted by molar-refractivity contribution is 7.93. The van der Waals surface area contributed by atoms with Crippen LogP contribution in [0, 0.1) is 17.8 Å². The molecule has 7 N–H and O–H groups in total. The lowest BCUT2D eigenvalue weighted by Crippen LogP contribution is -2.62. The minimum absolute atomic E-state index is 0.0218. The third kappa shape index (κ3) is 15.3. The zero-order chi connectivity index (χ0) is 53.7. The molecule has 14 atom stereocenters. The molecule has 0 bridgehead atoms. The van der Waals surface area contributed by atoms with Gasteiger partial charge in [-0.15, -0.1) is 5.10 Å². The zero-order valence-electron chi connectivity index (χ0n) is 43.6. The Labute approximate surface area is 427 Å². The number of carbonyl (C=O) groups is 5. The van der Waals surface area contributed by atoms with Crippen LogP contribution < -0.4 is 16.4 Å². The van der Waals surface area contributed by atoms with Gasteiger partial charge in [-0.3, -0.25) is 28.8 Å². The van der Waals surface area contributed by atoms with E-state index < -0.39 is 102 Å². The molecule has 1 aromatic heterocycles. The molecule has 3 fully saturated rings. The summed E-state index contributed by atoms with van der Waals surface area (Å²) in [4.78, 5) is 70.4. The number of carboxylic acids is 2. The number of hydrogen-bond acceptors (Lipinski definition) is 18. The van der Waals surface area contributed by atoms with E-state index in [1.807, 2.05) is 64.2 Å². The molecule has 0 spiro atoms. The molecule has 0 radical (unpaired) electrons. The first-order valence-corrected chi connectivity index (χ1v) is 25.8. The van der Waals surface area contributed by atoms with Crippen LogP contribution in [0.5, 0.6) is 0 Å². The van der Waals surface area contributed by atoms with E-state index in [9.17, 15) is 43.2 Å². The number of carboxylic acid groups (broad SMARTS) is 2. The van der Waals surface area contributed by atoms with E-state index in [0.29, 0.717) is 50.2 Å². The fourth-order valence-electron chi connectivity index (χ4n) is 10.4. The van der Waals surface area contributed by atoms with Crippen LogP contribution in [-0.2, 0) is 49.4 Å². The number of aliphatic hydroxyl groups excluding tert-OH is 1. The summed E-state index contributed by atoms with van der Waals surface area (Å²) < 4.78 is 43.6. The number of aryl methyl sites for hydroxylation is 1. The van der Waals surface area contributed by atoms with E-state index in [4.69, 9.17) is 29.4 Å². The van der Waals surface area contributed by atoms with Crippen molar-refractivity contribution in [3.8, 4) is 11.3 Å². The standard InChI is InChI=1S/C48H76N8O13.CH3FS/c1-11-37-48(7)41(56(46(64)69-48)20-13-12-19-55-26-35(52-53-55)31-15-14-16-32(49)22-31)33(17-18-50-34(43(61)62)23-38(57)58)51-25-27(2)24-47(6,65-10)42(29(4)39(59)30(5)44(63)67-37)68-45-40(60)36(54(8)9)21-28(3)66-45;1-3-2/h14-16,22,26-30,33-34,36-37,40-42,45,50-51,60H,11-13,17-21,23-25,49H2,1-10H3,(H,57,58)(H,61,62);1H3/t27-,28-,29+,30-,33-,34-,36?,37-,40?,41-,42-,45+,47-,48-;/m1./s1. The van der Waals surface area contributed by atoms with Gasteiger partial charge in [-0.2, -0.15) is 3.89 Å². The van der Waals surface area contributed by atoms with Crippen LogP contribution in [0.2, 0.25) is 0 Å². The minimum atomic E-state index is -1.50. The average molecular weight is 1040 g/mol. The molecular weight excluding hydrogens is 960 g/mol. The number of likely N-dealkylation sites (N-methyl/N-ethyl adjacent to an activating group) is 1. The maximum absolute atomic E-state index is 14.6. The number of rotatable bonds is 18. The SMILES string of the molecule is CC[C@H]1OC(=O)[C@H](C)C(=O)[C@H](C)[C@@H](O[C@@H]2O[C@H](C)CC(N(C)C)C2O)[C@](C)(OC)C[C@@H](C)CN[C@H](CCN[C@H](CC(=O)O)C(=O)O)[C@H]2N(CCCCn3cc(-c4cccc(N)c4)nn3)C(=O)O[C@]12C.CSF. The van der Waals surface area contributed by atoms with E-state index in [-0.39, 0.29) is 56.1 Å². The summed E-state index contributed by atoms with van der Waals surface area (Å²) in [5.41, 5.74) is 5.37. The van der Waals surface area contributed by atoms with E-state index >= 15 is 0 Å². The summed E-state index contributed by atoms with van der Waals surface area (Å²) in [7, 11) is 5.25. The van der Waals surface area contributed by atoms with Crippen molar-refractivity contribution in [3.05, 3.63) is 30.5 Å². The van der Waals surface area contributed by atoms with Gasteiger partial charge < -0.3 is 60.3 Å². The number of carbonyl (C=O) groups excluding carboxylic acids is 3. The number of unbranched alkanes of at least 4 members (excludes halogenated alkanes) is 1. The Hall–Kier alpha value is -4.49. The summed E-state index contributed by atoms with van der Waals surface area (Å²) in [5.74, 6) is -6.42. The lowest BCUT2D eigenvalue weighted by atomic mass is 9.78. The fourth-order valence-corrected chi connectivity index (χ4v) is 10.4. The Morgan fingerprint density at radius 1 is 1.12 bits per heavy atom. The first-order valence-electron chi connectivity index (χ1n) is 24.7. The second-order valence-corrected chi connectivity index (χ2v) is 20.3. The highest BCUT2D eigenvalue weighted by Gasteiger charge is 2.59. The molecule has 0 saturated carbocycles. The molecule has 3 saturated heterocycles. The monoisotopic (exact) mass is 1040 g/mol. The van der Waals surface area contributed by atoms with Crippen molar-refractivity contribution in [3.63, 3.8) is 0 Å². The van der Waals surface area contributed by atoms with Crippen molar-refractivity contribution < 1.29 is 66.9 Å². The molecular formula is C49H79FN8O13S. The first-order chi connectivity index (χ1) is 33.9. The number of cyclic esters (lactones) is 1. The predicted octanol–water partition coefficient (Wildman–Crippen LogP) is 4.41. The lowest BCUT2D eigenvalue weighted by molar-refractivity contribution is -0.295. The van der Waals surface area contributed by atoms with Gasteiger partial charge in [-0.05, 0) is 111 Å². The summed E-state index contributed by atoms with van der Waals surface area (Å²) in [6, 6.07) is 4.16. The number of aromatic nitrogens is 3. The number of hydrogen-bond donors (Lipinski definition) is 6.